The lowest BCUT2D eigenvalue weighted by atomic mass is 10.2. The molecule has 0 heterocycles. The third-order valence-electron chi connectivity index (χ3n) is 3.53. The first-order valence-corrected chi connectivity index (χ1v) is 9.69. The van der Waals surface area contributed by atoms with E-state index in [2.05, 4.69) is 16.0 Å². The van der Waals surface area contributed by atoms with Crippen LogP contribution in [0.5, 0.6) is 0 Å². The molecule has 0 saturated carbocycles. The van der Waals surface area contributed by atoms with E-state index in [4.69, 9.17) is 35.4 Å². The van der Waals surface area contributed by atoms with Gasteiger partial charge in [-0.3, -0.25) is 14.9 Å². The van der Waals surface area contributed by atoms with Gasteiger partial charge in [-0.15, -0.1) is 0 Å². The Labute approximate surface area is 179 Å². The summed E-state index contributed by atoms with van der Waals surface area (Å²) in [5.41, 5.74) is 1.77. The highest BCUT2D eigenvalue weighted by Gasteiger charge is 2.08. The van der Waals surface area contributed by atoms with E-state index in [0.717, 1.165) is 12.0 Å². The van der Waals surface area contributed by atoms with Crippen LogP contribution in [0.1, 0.15) is 25.3 Å². The van der Waals surface area contributed by atoms with Crippen LogP contribution in [0.25, 0.3) is 6.08 Å². The molecule has 3 N–H and O–H groups in total. The SMILES string of the molecule is CCCC(=O)Nc1ccc(Cl)c(NC(=S)NC(=O)/C=C/c2ccccc2Cl)c1. The van der Waals surface area contributed by atoms with Gasteiger partial charge in [0.15, 0.2) is 5.11 Å². The number of carbonyl (C=O) groups is 2. The highest BCUT2D eigenvalue weighted by molar-refractivity contribution is 7.80. The molecular weight excluding hydrogens is 417 g/mol. The summed E-state index contributed by atoms with van der Waals surface area (Å²) in [5.74, 6) is -0.502. The van der Waals surface area contributed by atoms with Gasteiger partial charge in [0.05, 0.1) is 10.7 Å². The third kappa shape index (κ3) is 6.96. The Balaban J connectivity index is 1.97. The predicted molar refractivity (Wildman–Crippen MR) is 120 cm³/mol. The van der Waals surface area contributed by atoms with Crippen molar-refractivity contribution in [2.75, 3.05) is 10.6 Å². The van der Waals surface area contributed by atoms with E-state index in [0.29, 0.717) is 27.8 Å². The quantitative estimate of drug-likeness (QED) is 0.427. The van der Waals surface area contributed by atoms with Gasteiger partial charge in [0.25, 0.3) is 0 Å². The fourth-order valence-corrected chi connectivity index (χ4v) is 2.81. The van der Waals surface area contributed by atoms with Gasteiger partial charge < -0.3 is 10.6 Å². The van der Waals surface area contributed by atoms with Gasteiger partial charge in [0, 0.05) is 23.2 Å². The summed E-state index contributed by atoms with van der Waals surface area (Å²) < 4.78 is 0. The molecule has 28 heavy (non-hydrogen) atoms. The van der Waals surface area contributed by atoms with E-state index in [9.17, 15) is 9.59 Å². The first-order chi connectivity index (χ1) is 13.4. The number of halogens is 2. The summed E-state index contributed by atoms with van der Waals surface area (Å²) in [6.07, 6.45) is 4.11. The highest BCUT2D eigenvalue weighted by atomic mass is 35.5. The number of hydrogen-bond acceptors (Lipinski definition) is 3. The van der Waals surface area contributed by atoms with Gasteiger partial charge in [0.1, 0.15) is 0 Å². The number of anilines is 2. The highest BCUT2D eigenvalue weighted by Crippen LogP contribution is 2.25. The second-order valence-electron chi connectivity index (χ2n) is 5.79. The second kappa shape index (κ2) is 10.8. The number of hydrogen-bond donors (Lipinski definition) is 3. The molecule has 0 aliphatic carbocycles. The average molecular weight is 436 g/mol. The Hall–Kier alpha value is -2.41. The molecule has 0 bridgehead atoms. The summed E-state index contributed by atoms with van der Waals surface area (Å²) >= 11 is 17.4. The zero-order valence-electron chi connectivity index (χ0n) is 15.1. The molecule has 0 radical (unpaired) electrons. The molecule has 0 saturated heterocycles. The molecule has 0 unspecified atom stereocenters. The van der Waals surface area contributed by atoms with Crippen molar-refractivity contribution in [3.05, 3.63) is 64.1 Å². The lowest BCUT2D eigenvalue weighted by Crippen LogP contribution is -2.32. The van der Waals surface area contributed by atoms with Crippen LogP contribution < -0.4 is 16.0 Å². The number of amides is 2. The molecule has 146 valence electrons. The van der Waals surface area contributed by atoms with E-state index in [1.807, 2.05) is 13.0 Å². The second-order valence-corrected chi connectivity index (χ2v) is 7.01. The van der Waals surface area contributed by atoms with E-state index in [1.54, 1.807) is 42.5 Å². The predicted octanol–water partition coefficient (Wildman–Crippen LogP) is 5.26. The summed E-state index contributed by atoms with van der Waals surface area (Å²) in [6, 6.07) is 12.1. The largest absolute Gasteiger partial charge is 0.331 e. The fraction of sp³-hybridized carbons (Fsp3) is 0.150. The Morgan fingerprint density at radius 3 is 2.54 bits per heavy atom. The molecule has 2 rings (SSSR count). The summed E-state index contributed by atoms with van der Waals surface area (Å²) in [6.45, 7) is 1.93. The van der Waals surface area contributed by atoms with Crippen molar-refractivity contribution in [3.63, 3.8) is 0 Å². The van der Waals surface area contributed by atoms with Gasteiger partial charge in [0.2, 0.25) is 11.8 Å². The first kappa shape index (κ1) is 21.9. The Morgan fingerprint density at radius 2 is 1.82 bits per heavy atom. The number of benzene rings is 2. The van der Waals surface area contributed by atoms with Crippen LogP contribution in [0.2, 0.25) is 10.0 Å². The van der Waals surface area contributed by atoms with Crippen LogP contribution in [-0.2, 0) is 9.59 Å². The molecule has 0 aliphatic rings. The molecule has 2 amide bonds. The van der Waals surface area contributed by atoms with E-state index in [1.165, 1.54) is 6.08 Å². The zero-order chi connectivity index (χ0) is 20.5. The topological polar surface area (TPSA) is 70.2 Å². The number of thiocarbonyl (C=S) groups is 1. The molecule has 2 aromatic rings. The minimum Gasteiger partial charge on any atom is -0.331 e. The van der Waals surface area contributed by atoms with Gasteiger partial charge in [-0.2, -0.15) is 0 Å². The molecule has 0 fully saturated rings. The Morgan fingerprint density at radius 1 is 1.07 bits per heavy atom. The van der Waals surface area contributed by atoms with Crippen molar-refractivity contribution in [1.82, 2.24) is 5.32 Å². The summed E-state index contributed by atoms with van der Waals surface area (Å²) in [7, 11) is 0. The van der Waals surface area contributed by atoms with Crippen molar-refractivity contribution < 1.29 is 9.59 Å². The third-order valence-corrected chi connectivity index (χ3v) is 4.41. The van der Waals surface area contributed by atoms with Crippen molar-refractivity contribution in [2.45, 2.75) is 19.8 Å². The number of rotatable bonds is 6. The van der Waals surface area contributed by atoms with Crippen LogP contribution in [0.15, 0.2) is 48.5 Å². The first-order valence-electron chi connectivity index (χ1n) is 8.53. The van der Waals surface area contributed by atoms with E-state index >= 15 is 0 Å². The molecular formula is C20H19Cl2N3O2S. The zero-order valence-corrected chi connectivity index (χ0v) is 17.4. The average Bonchev–Trinajstić information content (AvgIpc) is 2.64. The molecule has 5 nitrogen and oxygen atoms in total. The minimum atomic E-state index is -0.416. The normalized spacial score (nSPS) is 10.5. The van der Waals surface area contributed by atoms with Crippen LogP contribution in [-0.4, -0.2) is 16.9 Å². The minimum absolute atomic E-state index is 0.0766. The smallest absolute Gasteiger partial charge is 0.250 e. The monoisotopic (exact) mass is 435 g/mol. The van der Waals surface area contributed by atoms with Crippen molar-refractivity contribution in [2.24, 2.45) is 0 Å². The van der Waals surface area contributed by atoms with Crippen molar-refractivity contribution in [1.29, 1.82) is 0 Å². The van der Waals surface area contributed by atoms with Gasteiger partial charge in [-0.1, -0.05) is 48.3 Å². The number of carbonyl (C=O) groups excluding carboxylic acids is 2. The standard InChI is InChI=1S/C20H19Cl2N3O2S/c1-2-5-18(26)23-14-9-10-16(22)17(12-14)24-20(28)25-19(27)11-8-13-6-3-4-7-15(13)21/h3-4,6-12H,2,5H2,1H3,(H,23,26)(H2,24,25,27,28)/b11-8+. The van der Waals surface area contributed by atoms with Crippen molar-refractivity contribution >= 4 is 69.8 Å². The van der Waals surface area contributed by atoms with E-state index in [-0.39, 0.29) is 11.0 Å². The van der Waals surface area contributed by atoms with Crippen molar-refractivity contribution in [3.8, 4) is 0 Å². The fourth-order valence-electron chi connectivity index (χ4n) is 2.23. The molecule has 8 heteroatoms. The van der Waals surface area contributed by atoms with Gasteiger partial charge in [-0.05, 0) is 54.5 Å². The van der Waals surface area contributed by atoms with Gasteiger partial charge in [-0.25, -0.2) is 0 Å². The Kier molecular flexibility index (Phi) is 8.44. The van der Waals surface area contributed by atoms with E-state index < -0.39 is 5.91 Å². The Bertz CT molecular complexity index is 916. The maximum Gasteiger partial charge on any atom is 0.250 e. The summed E-state index contributed by atoms with van der Waals surface area (Å²) in [5, 5.41) is 9.18. The molecule has 0 atom stereocenters. The maximum atomic E-state index is 12.0. The van der Waals surface area contributed by atoms with Crippen LogP contribution in [0.3, 0.4) is 0 Å². The molecule has 0 aromatic heterocycles. The summed E-state index contributed by atoms with van der Waals surface area (Å²) in [4.78, 5) is 23.8. The lowest BCUT2D eigenvalue weighted by Gasteiger charge is -2.12. The lowest BCUT2D eigenvalue weighted by molar-refractivity contribution is -0.116. The van der Waals surface area contributed by atoms with Crippen LogP contribution in [0.4, 0.5) is 11.4 Å². The van der Waals surface area contributed by atoms with Crippen LogP contribution in [0, 0.1) is 0 Å². The maximum absolute atomic E-state index is 12.0. The number of nitrogens with one attached hydrogen (secondary N) is 3. The molecule has 0 spiro atoms. The molecule has 0 aliphatic heterocycles. The molecule has 2 aromatic carbocycles. The van der Waals surface area contributed by atoms with Gasteiger partial charge >= 0.3 is 0 Å². The van der Waals surface area contributed by atoms with Crippen LogP contribution >= 0.6 is 35.4 Å².